The van der Waals surface area contributed by atoms with Crippen LogP contribution in [0, 0.1) is 0 Å². The van der Waals surface area contributed by atoms with Crippen LogP contribution in [0.2, 0.25) is 0 Å². The van der Waals surface area contributed by atoms with E-state index in [2.05, 4.69) is 9.97 Å². The van der Waals surface area contributed by atoms with Gasteiger partial charge in [-0.15, -0.1) is 0 Å². The van der Waals surface area contributed by atoms with E-state index in [1.54, 1.807) is 36.2 Å². The van der Waals surface area contributed by atoms with Crippen LogP contribution in [0.3, 0.4) is 0 Å². The number of nitrogens with zero attached hydrogens (tertiary/aromatic N) is 5. The van der Waals surface area contributed by atoms with Crippen LogP contribution in [-0.2, 0) is 0 Å². The fourth-order valence-corrected chi connectivity index (χ4v) is 2.86. The Bertz CT molecular complexity index is 571. The lowest BCUT2D eigenvalue weighted by Gasteiger charge is -2.30. The average molecular weight is 365 g/mol. The lowest BCUT2D eigenvalue weighted by molar-refractivity contribution is -0.207. The van der Waals surface area contributed by atoms with Crippen LogP contribution in [0.25, 0.3) is 0 Å². The first-order valence-electron chi connectivity index (χ1n) is 7.92. The smallest absolute Gasteiger partial charge is 0.382 e. The third-order valence-electron chi connectivity index (χ3n) is 4.07. The lowest BCUT2D eigenvalue weighted by atomic mass is 10.2. The molecule has 1 aliphatic heterocycles. The number of aromatic nitrogens is 2. The molecule has 1 aromatic heterocycles. The second-order valence-electron chi connectivity index (χ2n) is 6.53. The van der Waals surface area contributed by atoms with Gasteiger partial charge in [-0.1, -0.05) is 0 Å². The highest BCUT2D eigenvalue weighted by Crippen LogP contribution is 2.27. The maximum atomic E-state index is 13.9. The van der Waals surface area contributed by atoms with E-state index in [-0.39, 0.29) is 25.6 Å². The number of aliphatic hydroxyl groups excluding tert-OH is 1. The van der Waals surface area contributed by atoms with Gasteiger partial charge < -0.3 is 19.8 Å². The Morgan fingerprint density at radius 2 is 2.04 bits per heavy atom. The lowest BCUT2D eigenvalue weighted by Crippen LogP contribution is -2.45. The Morgan fingerprint density at radius 3 is 2.64 bits per heavy atom. The first-order valence-corrected chi connectivity index (χ1v) is 7.92. The largest absolute Gasteiger partial charge is 0.415 e. The van der Waals surface area contributed by atoms with Gasteiger partial charge in [0.25, 0.3) is 0 Å². The van der Waals surface area contributed by atoms with Crippen molar-refractivity contribution in [1.82, 2.24) is 14.9 Å². The fraction of sp³-hybridized carbons (Fsp3) is 0.733. The molecule has 0 amide bonds. The molecule has 1 aromatic rings. The van der Waals surface area contributed by atoms with E-state index < -0.39 is 25.0 Å². The molecule has 0 aliphatic carbocycles. The van der Waals surface area contributed by atoms with Crippen molar-refractivity contribution >= 4 is 11.8 Å². The van der Waals surface area contributed by atoms with Crippen LogP contribution >= 0.6 is 0 Å². The van der Waals surface area contributed by atoms with Crippen LogP contribution in [0.5, 0.6) is 0 Å². The van der Waals surface area contributed by atoms with E-state index in [4.69, 9.17) is 0 Å². The number of anilines is 2. The van der Waals surface area contributed by atoms with E-state index in [0.29, 0.717) is 11.8 Å². The monoisotopic (exact) mass is 365 g/mol. The van der Waals surface area contributed by atoms with Gasteiger partial charge in [0, 0.05) is 45.8 Å². The number of hydrogen-bond donors (Lipinski definition) is 1. The van der Waals surface area contributed by atoms with Crippen molar-refractivity contribution in [3.63, 3.8) is 0 Å². The number of aliphatic hydroxyl groups is 1. The van der Waals surface area contributed by atoms with E-state index >= 15 is 0 Å². The van der Waals surface area contributed by atoms with E-state index in [1.165, 1.54) is 11.9 Å². The summed E-state index contributed by atoms with van der Waals surface area (Å²) >= 11 is 0. The molecule has 142 valence electrons. The molecule has 2 rings (SSSR count). The minimum atomic E-state index is -4.67. The Labute approximate surface area is 144 Å². The second kappa shape index (κ2) is 7.69. The summed E-state index contributed by atoms with van der Waals surface area (Å²) in [6, 6.07) is 1.33. The summed E-state index contributed by atoms with van der Waals surface area (Å²) in [5.74, 6) is 1.01. The van der Waals surface area contributed by atoms with E-state index in [9.17, 15) is 22.7 Å². The zero-order valence-electron chi connectivity index (χ0n) is 14.4. The Balaban J connectivity index is 2.07. The number of hydrogen-bond acceptors (Lipinski definition) is 6. The Hall–Kier alpha value is -1.68. The Kier molecular flexibility index (Phi) is 6.04. The molecule has 6 nitrogen and oxygen atoms in total. The van der Waals surface area contributed by atoms with E-state index in [1.807, 2.05) is 0 Å². The van der Waals surface area contributed by atoms with Gasteiger partial charge in [0.2, 0.25) is 5.95 Å². The molecular formula is C15H23F4N5O. The van der Waals surface area contributed by atoms with Crippen LogP contribution in [-0.4, -0.2) is 85.2 Å². The summed E-state index contributed by atoms with van der Waals surface area (Å²) < 4.78 is 51.4. The van der Waals surface area contributed by atoms with Crippen LogP contribution < -0.4 is 9.80 Å². The molecule has 0 radical (unpaired) electrons. The maximum absolute atomic E-state index is 13.9. The van der Waals surface area contributed by atoms with Gasteiger partial charge >= 0.3 is 6.18 Å². The highest BCUT2D eigenvalue weighted by Gasteiger charge is 2.40. The first kappa shape index (κ1) is 19.6. The van der Waals surface area contributed by atoms with Crippen molar-refractivity contribution < 1.29 is 22.7 Å². The predicted octanol–water partition coefficient (Wildman–Crippen LogP) is 1.31. The predicted molar refractivity (Wildman–Crippen MR) is 86.6 cm³/mol. The molecule has 3 atom stereocenters. The second-order valence-corrected chi connectivity index (χ2v) is 6.53. The zero-order chi connectivity index (χ0) is 18.8. The van der Waals surface area contributed by atoms with Crippen LogP contribution in [0.4, 0.5) is 29.3 Å². The SMILES string of the molecule is CN(CC(O)C(F)(F)F)C[C@@H]1C[C@H](F)CN1c1ccnc(N(C)C)n1. The van der Waals surface area contributed by atoms with Crippen LogP contribution in [0.15, 0.2) is 12.3 Å². The number of alkyl halides is 4. The molecule has 0 spiro atoms. The van der Waals surface area contributed by atoms with Crippen LogP contribution in [0.1, 0.15) is 6.42 Å². The van der Waals surface area contributed by atoms with E-state index in [0.717, 1.165) is 0 Å². The molecule has 0 aromatic carbocycles. The topological polar surface area (TPSA) is 55.7 Å². The molecule has 1 fully saturated rings. The molecule has 2 heterocycles. The molecule has 1 N–H and O–H groups in total. The maximum Gasteiger partial charge on any atom is 0.415 e. The Morgan fingerprint density at radius 1 is 1.36 bits per heavy atom. The molecule has 0 saturated carbocycles. The third kappa shape index (κ3) is 5.15. The summed E-state index contributed by atoms with van der Waals surface area (Å²) in [5, 5.41) is 9.18. The van der Waals surface area contributed by atoms with Gasteiger partial charge in [-0.05, 0) is 13.1 Å². The molecule has 1 aliphatic rings. The van der Waals surface area contributed by atoms with Gasteiger partial charge in [-0.3, -0.25) is 0 Å². The van der Waals surface area contributed by atoms with Crippen molar-refractivity contribution in [2.45, 2.75) is 30.9 Å². The summed E-state index contributed by atoms with van der Waals surface area (Å²) in [4.78, 5) is 13.3. The van der Waals surface area contributed by atoms with Gasteiger partial charge in [-0.25, -0.2) is 9.37 Å². The highest BCUT2D eigenvalue weighted by atomic mass is 19.4. The standard InChI is InChI=1S/C15H23F4N5O/c1-22(2)14-20-5-4-13(21-14)24-7-10(16)6-11(24)8-23(3)9-12(25)15(17,18)19/h4-5,10-12,25H,6-9H2,1-3H3/t10-,11-,12?/m0/s1. The normalized spacial score (nSPS) is 22.5. The third-order valence-corrected chi connectivity index (χ3v) is 4.07. The summed E-state index contributed by atoms with van der Waals surface area (Å²) in [5.41, 5.74) is 0. The minimum Gasteiger partial charge on any atom is -0.382 e. The molecule has 1 saturated heterocycles. The number of rotatable bonds is 6. The van der Waals surface area contributed by atoms with Gasteiger partial charge in [0.15, 0.2) is 6.10 Å². The van der Waals surface area contributed by atoms with Crippen molar-refractivity contribution in [3.8, 4) is 0 Å². The van der Waals surface area contributed by atoms with Crippen molar-refractivity contribution in [2.75, 3.05) is 50.6 Å². The quantitative estimate of drug-likeness (QED) is 0.768. The molecular weight excluding hydrogens is 342 g/mol. The molecule has 10 heteroatoms. The van der Waals surface area contributed by atoms with Gasteiger partial charge in [-0.2, -0.15) is 18.2 Å². The number of likely N-dealkylation sites (N-methyl/N-ethyl adjacent to an activating group) is 1. The zero-order valence-corrected chi connectivity index (χ0v) is 14.4. The molecule has 1 unspecified atom stereocenters. The fourth-order valence-electron chi connectivity index (χ4n) is 2.86. The van der Waals surface area contributed by atoms with Crippen molar-refractivity contribution in [2.24, 2.45) is 0 Å². The summed E-state index contributed by atoms with van der Waals surface area (Å²) in [6.45, 7) is -0.239. The first-order chi connectivity index (χ1) is 11.6. The van der Waals surface area contributed by atoms with Gasteiger partial charge in [0.05, 0.1) is 6.54 Å². The summed E-state index contributed by atoms with van der Waals surface area (Å²) in [7, 11) is 5.04. The van der Waals surface area contributed by atoms with Crippen molar-refractivity contribution in [3.05, 3.63) is 12.3 Å². The molecule has 25 heavy (non-hydrogen) atoms. The number of halogens is 4. The summed E-state index contributed by atoms with van der Waals surface area (Å²) in [6.07, 6.45) is -6.40. The highest BCUT2D eigenvalue weighted by molar-refractivity contribution is 5.45. The molecule has 0 bridgehead atoms. The average Bonchev–Trinajstić information content (AvgIpc) is 2.86. The van der Waals surface area contributed by atoms with Crippen molar-refractivity contribution in [1.29, 1.82) is 0 Å². The van der Waals surface area contributed by atoms with Gasteiger partial charge in [0.1, 0.15) is 12.0 Å². The minimum absolute atomic E-state index is 0.129.